The first kappa shape index (κ1) is 14.7. The number of thiophene rings is 1. The third-order valence-corrected chi connectivity index (χ3v) is 5.04. The summed E-state index contributed by atoms with van der Waals surface area (Å²) in [6.07, 6.45) is 1.78. The summed E-state index contributed by atoms with van der Waals surface area (Å²) < 4.78 is 11.5. The van der Waals surface area contributed by atoms with Crippen LogP contribution in [0.2, 0.25) is 0 Å². The third-order valence-electron chi connectivity index (χ3n) is 3.43. The molecule has 0 aromatic carbocycles. The van der Waals surface area contributed by atoms with Crippen LogP contribution < -0.4 is 0 Å². The monoisotopic (exact) mass is 371 g/mol. The summed E-state index contributed by atoms with van der Waals surface area (Å²) in [5.41, 5.74) is 0. The van der Waals surface area contributed by atoms with Crippen LogP contribution in [0.3, 0.4) is 0 Å². The molecule has 1 aliphatic heterocycles. The molecule has 1 saturated heterocycles. The van der Waals surface area contributed by atoms with Gasteiger partial charge in [0.05, 0.1) is 22.3 Å². The fourth-order valence-electron chi connectivity index (χ4n) is 2.44. The van der Waals surface area contributed by atoms with E-state index in [4.69, 9.17) is 9.15 Å². The van der Waals surface area contributed by atoms with Crippen LogP contribution in [-0.4, -0.2) is 40.8 Å². The van der Waals surface area contributed by atoms with Crippen LogP contribution in [0.15, 0.2) is 20.3 Å². The van der Waals surface area contributed by atoms with Crippen molar-refractivity contribution in [1.29, 1.82) is 0 Å². The Labute approximate surface area is 134 Å². The molecule has 2 aromatic heterocycles. The molecule has 112 valence electrons. The van der Waals surface area contributed by atoms with Crippen LogP contribution in [0, 0.1) is 0 Å². The maximum Gasteiger partial charge on any atom is 0.323 e. The highest BCUT2D eigenvalue weighted by atomic mass is 79.9. The van der Waals surface area contributed by atoms with Crippen LogP contribution in [0.25, 0.3) is 10.8 Å². The van der Waals surface area contributed by atoms with Crippen molar-refractivity contribution in [1.82, 2.24) is 15.1 Å². The summed E-state index contributed by atoms with van der Waals surface area (Å²) in [5, 5.41) is 8.13. The second kappa shape index (κ2) is 6.25. The van der Waals surface area contributed by atoms with Gasteiger partial charge in [-0.25, -0.2) is 0 Å². The summed E-state index contributed by atoms with van der Waals surface area (Å²) in [6.45, 7) is 1.31. The van der Waals surface area contributed by atoms with Crippen molar-refractivity contribution in [2.45, 2.75) is 25.4 Å². The number of carbonyl (C=O) groups is 1. The van der Waals surface area contributed by atoms with E-state index in [-0.39, 0.29) is 12.0 Å². The third kappa shape index (κ3) is 3.17. The van der Waals surface area contributed by atoms with Crippen LogP contribution in [0.4, 0.5) is 0 Å². The zero-order valence-electron chi connectivity index (χ0n) is 11.4. The van der Waals surface area contributed by atoms with Crippen molar-refractivity contribution >= 4 is 33.2 Å². The summed E-state index contributed by atoms with van der Waals surface area (Å²) >= 11 is 4.95. The highest BCUT2D eigenvalue weighted by molar-refractivity contribution is 9.11. The first-order chi connectivity index (χ1) is 10.2. The lowest BCUT2D eigenvalue weighted by Crippen LogP contribution is -2.36. The Morgan fingerprint density at radius 1 is 1.57 bits per heavy atom. The molecule has 2 aromatic rings. The van der Waals surface area contributed by atoms with Crippen molar-refractivity contribution in [3.63, 3.8) is 0 Å². The van der Waals surface area contributed by atoms with Gasteiger partial charge in [0, 0.05) is 0 Å². The number of nitrogens with zero attached hydrogens (tertiary/aromatic N) is 3. The molecule has 21 heavy (non-hydrogen) atoms. The van der Waals surface area contributed by atoms with Gasteiger partial charge >= 0.3 is 5.97 Å². The van der Waals surface area contributed by atoms with Crippen molar-refractivity contribution < 1.29 is 13.9 Å². The van der Waals surface area contributed by atoms with Gasteiger partial charge in [0.25, 0.3) is 5.89 Å². The van der Waals surface area contributed by atoms with Crippen LogP contribution in [0.1, 0.15) is 18.7 Å². The summed E-state index contributed by atoms with van der Waals surface area (Å²) in [6, 6.07) is 3.66. The molecule has 6 nitrogen and oxygen atoms in total. The number of aromatic nitrogens is 2. The van der Waals surface area contributed by atoms with E-state index in [9.17, 15) is 4.79 Å². The molecule has 0 saturated carbocycles. The quantitative estimate of drug-likeness (QED) is 0.769. The maximum absolute atomic E-state index is 11.7. The Kier molecular flexibility index (Phi) is 4.37. The number of likely N-dealkylation sites (tertiary alicyclic amines) is 1. The average Bonchev–Trinajstić information content (AvgIpc) is 3.19. The van der Waals surface area contributed by atoms with Gasteiger partial charge in [-0.15, -0.1) is 21.5 Å². The first-order valence-corrected chi connectivity index (χ1v) is 8.18. The van der Waals surface area contributed by atoms with Crippen molar-refractivity contribution in [3.8, 4) is 10.8 Å². The van der Waals surface area contributed by atoms with E-state index in [0.717, 1.165) is 28.0 Å². The van der Waals surface area contributed by atoms with E-state index in [1.54, 1.807) is 0 Å². The van der Waals surface area contributed by atoms with E-state index in [1.807, 2.05) is 17.0 Å². The van der Waals surface area contributed by atoms with E-state index < -0.39 is 0 Å². The molecule has 0 N–H and O–H groups in total. The van der Waals surface area contributed by atoms with E-state index in [1.165, 1.54) is 18.4 Å². The molecule has 3 heterocycles. The minimum atomic E-state index is -0.207. The molecule has 0 bridgehead atoms. The number of halogens is 1. The Hall–Kier alpha value is -1.25. The Morgan fingerprint density at radius 3 is 3.14 bits per heavy atom. The summed E-state index contributed by atoms with van der Waals surface area (Å²) in [7, 11) is 1.41. The van der Waals surface area contributed by atoms with Gasteiger partial charge in [-0.05, 0) is 47.4 Å². The Balaban J connectivity index is 1.71. The van der Waals surface area contributed by atoms with Gasteiger partial charge in [0.2, 0.25) is 5.89 Å². The molecule has 0 amide bonds. The molecule has 1 unspecified atom stereocenters. The van der Waals surface area contributed by atoms with E-state index >= 15 is 0 Å². The number of esters is 1. The molecule has 1 aliphatic rings. The molecule has 0 aliphatic carbocycles. The van der Waals surface area contributed by atoms with E-state index in [0.29, 0.717) is 18.3 Å². The highest BCUT2D eigenvalue weighted by Gasteiger charge is 2.32. The number of hydrogen-bond acceptors (Lipinski definition) is 7. The smallest absolute Gasteiger partial charge is 0.323 e. The molecule has 1 atom stereocenters. The standard InChI is InChI=1S/C13H14BrN3O3S/c1-19-13(18)8-3-2-6-17(8)7-11-15-16-12(20-11)9-4-5-10(14)21-9/h4-5,8H,2-3,6-7H2,1H3. The lowest BCUT2D eigenvalue weighted by molar-refractivity contribution is -0.146. The maximum atomic E-state index is 11.7. The fourth-order valence-corrected chi connectivity index (χ4v) is 3.75. The minimum absolute atomic E-state index is 0.200. The molecule has 0 spiro atoms. The zero-order valence-corrected chi connectivity index (χ0v) is 13.8. The highest BCUT2D eigenvalue weighted by Crippen LogP contribution is 2.30. The van der Waals surface area contributed by atoms with Gasteiger partial charge < -0.3 is 9.15 Å². The molecule has 0 radical (unpaired) electrons. The van der Waals surface area contributed by atoms with E-state index in [2.05, 4.69) is 26.1 Å². The number of carbonyl (C=O) groups excluding carboxylic acids is 1. The molecule has 1 fully saturated rings. The lowest BCUT2D eigenvalue weighted by Gasteiger charge is -2.20. The zero-order chi connectivity index (χ0) is 14.8. The molecule has 3 rings (SSSR count). The van der Waals surface area contributed by atoms with Crippen LogP contribution in [-0.2, 0) is 16.1 Å². The minimum Gasteiger partial charge on any atom is -0.468 e. The SMILES string of the molecule is COC(=O)C1CCCN1Cc1nnc(-c2ccc(Br)s2)o1. The summed E-state index contributed by atoms with van der Waals surface area (Å²) in [5.74, 6) is 0.828. The van der Waals surface area contributed by atoms with Gasteiger partial charge in [-0.1, -0.05) is 0 Å². The second-order valence-corrected chi connectivity index (χ2v) is 7.22. The predicted octanol–water partition coefficient (Wildman–Crippen LogP) is 2.70. The number of ether oxygens (including phenoxy) is 1. The molecular formula is C13H14BrN3O3S. The Bertz CT molecular complexity index is 642. The van der Waals surface area contributed by atoms with Crippen LogP contribution >= 0.6 is 27.3 Å². The fraction of sp³-hybridized carbons (Fsp3) is 0.462. The van der Waals surface area contributed by atoms with Gasteiger partial charge in [-0.2, -0.15) is 0 Å². The van der Waals surface area contributed by atoms with Gasteiger partial charge in [-0.3, -0.25) is 9.69 Å². The van der Waals surface area contributed by atoms with Crippen molar-refractivity contribution in [2.24, 2.45) is 0 Å². The van der Waals surface area contributed by atoms with Gasteiger partial charge in [0.15, 0.2) is 0 Å². The number of methoxy groups -OCH3 is 1. The second-order valence-electron chi connectivity index (χ2n) is 4.76. The molecule has 8 heteroatoms. The van der Waals surface area contributed by atoms with Gasteiger partial charge in [0.1, 0.15) is 6.04 Å². The normalized spacial score (nSPS) is 19.0. The van der Waals surface area contributed by atoms with Crippen molar-refractivity contribution in [2.75, 3.05) is 13.7 Å². The number of rotatable bonds is 4. The largest absolute Gasteiger partial charge is 0.468 e. The topological polar surface area (TPSA) is 68.5 Å². The lowest BCUT2D eigenvalue weighted by atomic mass is 10.2. The number of hydrogen-bond donors (Lipinski definition) is 0. The van der Waals surface area contributed by atoms with Crippen molar-refractivity contribution in [3.05, 3.63) is 21.8 Å². The first-order valence-electron chi connectivity index (χ1n) is 6.57. The summed E-state index contributed by atoms with van der Waals surface area (Å²) in [4.78, 5) is 14.7. The average molecular weight is 372 g/mol. The predicted molar refractivity (Wildman–Crippen MR) is 80.8 cm³/mol. The van der Waals surface area contributed by atoms with Crippen LogP contribution in [0.5, 0.6) is 0 Å². The molecular weight excluding hydrogens is 358 g/mol. The Morgan fingerprint density at radius 2 is 2.43 bits per heavy atom.